The molecule has 0 aliphatic carbocycles. The van der Waals surface area contributed by atoms with E-state index in [9.17, 15) is 9.59 Å². The Morgan fingerprint density at radius 1 is 1.23 bits per heavy atom. The van der Waals surface area contributed by atoms with Crippen LogP contribution in [0.5, 0.6) is 5.75 Å². The number of hydrazine groups is 1. The average Bonchev–Trinajstić information content (AvgIpc) is 2.99. The number of aryl methyl sites for hydroxylation is 2. The second-order valence-electron chi connectivity index (χ2n) is 4.75. The van der Waals surface area contributed by atoms with Gasteiger partial charge in [0.05, 0.1) is 0 Å². The summed E-state index contributed by atoms with van der Waals surface area (Å²) < 4.78 is 6.77. The van der Waals surface area contributed by atoms with Gasteiger partial charge in [0.25, 0.3) is 11.8 Å². The molecule has 1 aromatic heterocycles. The summed E-state index contributed by atoms with van der Waals surface area (Å²) in [7, 11) is 0. The fourth-order valence-corrected chi connectivity index (χ4v) is 1.68. The number of rotatable bonds is 5. The Bertz CT molecular complexity index is 655. The smallest absolute Gasteiger partial charge is 0.276 e. The molecule has 2 N–H and O–H groups in total. The molecule has 2 aromatic rings. The number of nitrogens with one attached hydrogen (secondary N) is 2. The summed E-state index contributed by atoms with van der Waals surface area (Å²) in [5.41, 5.74) is 6.53. The highest BCUT2D eigenvalue weighted by atomic mass is 16.5. The fraction of sp³-hybridized carbons (Fsp3) is 0.286. The summed E-state index contributed by atoms with van der Waals surface area (Å²) in [6, 6.07) is 5.74. The maximum atomic E-state index is 11.6. The summed E-state index contributed by atoms with van der Waals surface area (Å²) in [5, 5.41) is 3.78. The molecular weight excluding hydrogens is 286 g/mol. The van der Waals surface area contributed by atoms with E-state index in [2.05, 4.69) is 20.9 Å². The Kier molecular flexibility index (Phi) is 5.07. The largest absolute Gasteiger partial charge is 0.483 e. The van der Waals surface area contributed by atoms with Crippen LogP contribution in [0.3, 0.4) is 0 Å². The van der Waals surface area contributed by atoms with Crippen LogP contribution in [0.2, 0.25) is 0 Å². The first kappa shape index (κ1) is 15.5. The van der Waals surface area contributed by atoms with Crippen LogP contribution in [0.15, 0.2) is 30.9 Å². The zero-order chi connectivity index (χ0) is 15.9. The van der Waals surface area contributed by atoms with E-state index in [1.54, 1.807) is 0 Å². The highest BCUT2D eigenvalue weighted by Crippen LogP contribution is 2.18. The maximum Gasteiger partial charge on any atom is 0.276 e. The summed E-state index contributed by atoms with van der Waals surface area (Å²) in [5.74, 6) is -0.220. The molecule has 8 heteroatoms. The number of carbonyl (C=O) groups excluding carboxylic acids is 2. The molecule has 0 aliphatic rings. The Morgan fingerprint density at radius 3 is 2.73 bits per heavy atom. The lowest BCUT2D eigenvalue weighted by atomic mass is 10.1. The molecule has 1 heterocycles. The van der Waals surface area contributed by atoms with Gasteiger partial charge in [-0.3, -0.25) is 20.4 Å². The second-order valence-corrected chi connectivity index (χ2v) is 4.75. The van der Waals surface area contributed by atoms with Crippen molar-refractivity contribution in [2.45, 2.75) is 20.4 Å². The van der Waals surface area contributed by atoms with Crippen molar-refractivity contribution in [3.63, 3.8) is 0 Å². The van der Waals surface area contributed by atoms with Crippen LogP contribution in [0.1, 0.15) is 11.1 Å². The number of benzene rings is 1. The van der Waals surface area contributed by atoms with Gasteiger partial charge >= 0.3 is 0 Å². The first-order valence-electron chi connectivity index (χ1n) is 6.65. The molecule has 0 fully saturated rings. The van der Waals surface area contributed by atoms with E-state index in [4.69, 9.17) is 4.74 Å². The molecule has 1 aromatic carbocycles. The first-order valence-corrected chi connectivity index (χ1v) is 6.65. The number of hydrogen-bond donors (Lipinski definition) is 2. The van der Waals surface area contributed by atoms with Crippen LogP contribution in [-0.4, -0.2) is 33.2 Å². The fourth-order valence-electron chi connectivity index (χ4n) is 1.68. The van der Waals surface area contributed by atoms with E-state index in [0.29, 0.717) is 5.75 Å². The number of carbonyl (C=O) groups is 2. The topological polar surface area (TPSA) is 98.1 Å². The third kappa shape index (κ3) is 4.58. The van der Waals surface area contributed by atoms with Crippen molar-refractivity contribution in [2.75, 3.05) is 6.61 Å². The number of amides is 2. The van der Waals surface area contributed by atoms with Crippen LogP contribution in [0, 0.1) is 13.8 Å². The number of nitrogens with zero attached hydrogens (tertiary/aromatic N) is 3. The van der Waals surface area contributed by atoms with Crippen molar-refractivity contribution >= 4 is 11.8 Å². The third-order valence-electron chi connectivity index (χ3n) is 2.82. The molecule has 0 atom stereocenters. The second kappa shape index (κ2) is 7.21. The van der Waals surface area contributed by atoms with Crippen molar-refractivity contribution in [3.8, 4) is 5.75 Å². The molecule has 2 amide bonds. The van der Waals surface area contributed by atoms with E-state index in [0.717, 1.165) is 11.1 Å². The molecular formula is C14H17N5O3. The molecule has 8 nitrogen and oxygen atoms in total. The number of aromatic nitrogens is 3. The summed E-state index contributed by atoms with van der Waals surface area (Å²) >= 11 is 0. The van der Waals surface area contributed by atoms with E-state index in [-0.39, 0.29) is 13.2 Å². The Balaban J connectivity index is 1.74. The van der Waals surface area contributed by atoms with Gasteiger partial charge in [0.2, 0.25) is 0 Å². The van der Waals surface area contributed by atoms with Gasteiger partial charge in [0, 0.05) is 0 Å². The molecule has 22 heavy (non-hydrogen) atoms. The van der Waals surface area contributed by atoms with Crippen LogP contribution in [0.25, 0.3) is 0 Å². The Labute approximate surface area is 127 Å². The monoisotopic (exact) mass is 303 g/mol. The highest BCUT2D eigenvalue weighted by molar-refractivity contribution is 5.82. The lowest BCUT2D eigenvalue weighted by molar-refractivity contribution is -0.130. The standard InChI is InChI=1S/C14H17N5O3/c1-10-3-4-11(2)12(5-10)22-7-14(21)18-17-13(20)6-19-9-15-8-16-19/h3-5,8-9H,6-7H2,1-2H3,(H,17,20)(H,18,21). The van der Waals surface area contributed by atoms with Crippen LogP contribution in [-0.2, 0) is 16.1 Å². The normalized spacial score (nSPS) is 10.1. The van der Waals surface area contributed by atoms with E-state index >= 15 is 0 Å². The Morgan fingerprint density at radius 2 is 2.00 bits per heavy atom. The minimum absolute atomic E-state index is 0.0296. The molecule has 116 valence electrons. The van der Waals surface area contributed by atoms with Gasteiger partial charge in [-0.1, -0.05) is 12.1 Å². The molecule has 0 saturated heterocycles. The van der Waals surface area contributed by atoms with Gasteiger partial charge in [-0.05, 0) is 31.0 Å². The molecule has 0 spiro atoms. The maximum absolute atomic E-state index is 11.6. The van der Waals surface area contributed by atoms with Crippen molar-refractivity contribution in [1.82, 2.24) is 25.6 Å². The van der Waals surface area contributed by atoms with Gasteiger partial charge in [-0.15, -0.1) is 0 Å². The number of hydrogen-bond acceptors (Lipinski definition) is 5. The lowest BCUT2D eigenvalue weighted by Gasteiger charge is -2.11. The molecule has 0 saturated carbocycles. The van der Waals surface area contributed by atoms with Crippen molar-refractivity contribution in [3.05, 3.63) is 42.0 Å². The van der Waals surface area contributed by atoms with Gasteiger partial charge in [-0.2, -0.15) is 5.10 Å². The molecule has 0 unspecified atom stereocenters. The van der Waals surface area contributed by atoms with Gasteiger partial charge in [0.15, 0.2) is 6.61 Å². The van der Waals surface area contributed by atoms with E-state index < -0.39 is 11.8 Å². The van der Waals surface area contributed by atoms with Crippen LogP contribution < -0.4 is 15.6 Å². The molecule has 0 aliphatic heterocycles. The number of ether oxygens (including phenoxy) is 1. The van der Waals surface area contributed by atoms with Crippen LogP contribution >= 0.6 is 0 Å². The summed E-state index contributed by atoms with van der Waals surface area (Å²) in [6.45, 7) is 3.62. The minimum atomic E-state index is -0.451. The van der Waals surface area contributed by atoms with Gasteiger partial charge in [0.1, 0.15) is 24.9 Å². The van der Waals surface area contributed by atoms with E-state index in [1.807, 2.05) is 32.0 Å². The zero-order valence-electron chi connectivity index (χ0n) is 12.4. The van der Waals surface area contributed by atoms with Crippen LogP contribution in [0.4, 0.5) is 0 Å². The zero-order valence-corrected chi connectivity index (χ0v) is 12.4. The average molecular weight is 303 g/mol. The molecule has 0 radical (unpaired) electrons. The predicted molar refractivity (Wildman–Crippen MR) is 77.7 cm³/mol. The third-order valence-corrected chi connectivity index (χ3v) is 2.82. The van der Waals surface area contributed by atoms with Crippen molar-refractivity contribution in [2.24, 2.45) is 0 Å². The van der Waals surface area contributed by atoms with Gasteiger partial charge in [-0.25, -0.2) is 9.67 Å². The van der Waals surface area contributed by atoms with Crippen molar-refractivity contribution < 1.29 is 14.3 Å². The van der Waals surface area contributed by atoms with E-state index in [1.165, 1.54) is 17.3 Å². The first-order chi connectivity index (χ1) is 10.5. The van der Waals surface area contributed by atoms with Gasteiger partial charge < -0.3 is 4.74 Å². The highest BCUT2D eigenvalue weighted by Gasteiger charge is 2.07. The predicted octanol–water partition coefficient (Wildman–Crippen LogP) is 0.121. The Hall–Kier alpha value is -2.90. The quantitative estimate of drug-likeness (QED) is 0.765. The van der Waals surface area contributed by atoms with Crippen molar-refractivity contribution in [1.29, 1.82) is 0 Å². The minimum Gasteiger partial charge on any atom is -0.483 e. The molecule has 2 rings (SSSR count). The molecule has 0 bridgehead atoms. The summed E-state index contributed by atoms with van der Waals surface area (Å²) in [4.78, 5) is 26.9. The SMILES string of the molecule is Cc1ccc(C)c(OCC(=O)NNC(=O)Cn2cncn2)c1. The lowest BCUT2D eigenvalue weighted by Crippen LogP contribution is -2.45. The summed E-state index contributed by atoms with van der Waals surface area (Å²) in [6.07, 6.45) is 2.73.